The Bertz CT molecular complexity index is 211. The molecular weight excluding hydrogens is 176 g/mol. The molecule has 0 aromatic rings. The Morgan fingerprint density at radius 3 is 2.57 bits per heavy atom. The number of rotatable bonds is 2. The van der Waals surface area contributed by atoms with E-state index in [-0.39, 0.29) is 11.9 Å². The Morgan fingerprint density at radius 2 is 2.00 bits per heavy atom. The quantitative estimate of drug-likeness (QED) is 0.719. The van der Waals surface area contributed by atoms with Crippen molar-refractivity contribution in [3.63, 3.8) is 0 Å². The van der Waals surface area contributed by atoms with Gasteiger partial charge >= 0.3 is 0 Å². The van der Waals surface area contributed by atoms with E-state index in [1.165, 1.54) is 32.1 Å². The minimum absolute atomic E-state index is 0.0890. The molecular formula is C11H20N2O. The fraction of sp³-hybridized carbons (Fsp3) is 0.909. The number of carbonyl (C=O) groups excluding carboxylic acids is 1. The average molecular weight is 196 g/mol. The summed E-state index contributed by atoms with van der Waals surface area (Å²) in [5, 5.41) is 0. The van der Waals surface area contributed by atoms with Gasteiger partial charge in [0.2, 0.25) is 5.91 Å². The molecule has 0 aromatic heterocycles. The van der Waals surface area contributed by atoms with Crippen molar-refractivity contribution >= 4 is 5.91 Å². The number of amides is 1. The van der Waals surface area contributed by atoms with Crippen molar-refractivity contribution in [2.75, 3.05) is 13.1 Å². The minimum atomic E-state index is 0.0890. The lowest BCUT2D eigenvalue weighted by Gasteiger charge is -2.26. The summed E-state index contributed by atoms with van der Waals surface area (Å²) < 4.78 is 0. The molecule has 1 atom stereocenters. The number of hydrogen-bond donors (Lipinski definition) is 1. The van der Waals surface area contributed by atoms with Crippen LogP contribution in [0.4, 0.5) is 0 Å². The Morgan fingerprint density at radius 1 is 1.29 bits per heavy atom. The predicted octanol–water partition coefficient (Wildman–Crippen LogP) is 1.13. The summed E-state index contributed by atoms with van der Waals surface area (Å²) in [4.78, 5) is 13.5. The molecule has 0 unspecified atom stereocenters. The van der Waals surface area contributed by atoms with Gasteiger partial charge in [-0.05, 0) is 18.8 Å². The summed E-state index contributed by atoms with van der Waals surface area (Å²) in [6.45, 7) is 1.75. The number of nitrogens with zero attached hydrogens (tertiary/aromatic N) is 1. The summed E-state index contributed by atoms with van der Waals surface area (Å²) in [5.74, 6) is 1.01. The van der Waals surface area contributed by atoms with E-state index in [2.05, 4.69) is 0 Å². The van der Waals surface area contributed by atoms with Gasteiger partial charge in [0, 0.05) is 25.6 Å². The fourth-order valence-electron chi connectivity index (χ4n) is 2.66. The van der Waals surface area contributed by atoms with Crippen molar-refractivity contribution in [1.29, 1.82) is 0 Å². The van der Waals surface area contributed by atoms with Crippen LogP contribution in [0, 0.1) is 5.92 Å². The molecule has 80 valence electrons. The van der Waals surface area contributed by atoms with E-state index in [1.54, 1.807) is 0 Å². The fourth-order valence-corrected chi connectivity index (χ4v) is 2.66. The van der Waals surface area contributed by atoms with Crippen LogP contribution in [-0.2, 0) is 4.79 Å². The molecule has 2 N–H and O–H groups in total. The molecule has 3 heteroatoms. The highest BCUT2D eigenvalue weighted by atomic mass is 16.2. The van der Waals surface area contributed by atoms with Crippen molar-refractivity contribution in [1.82, 2.24) is 4.90 Å². The second kappa shape index (κ2) is 4.30. The van der Waals surface area contributed by atoms with Crippen LogP contribution in [0.15, 0.2) is 0 Å². The molecule has 2 aliphatic rings. The van der Waals surface area contributed by atoms with Gasteiger partial charge in [-0.15, -0.1) is 0 Å². The Balaban J connectivity index is 1.81. The molecule has 1 amide bonds. The maximum atomic E-state index is 11.5. The molecule has 1 aliphatic heterocycles. The highest BCUT2D eigenvalue weighted by molar-refractivity contribution is 5.79. The molecule has 0 aromatic carbocycles. The van der Waals surface area contributed by atoms with Gasteiger partial charge in [0.15, 0.2) is 0 Å². The van der Waals surface area contributed by atoms with Gasteiger partial charge in [0.05, 0.1) is 0 Å². The lowest BCUT2D eigenvalue weighted by Crippen LogP contribution is -2.33. The molecule has 3 nitrogen and oxygen atoms in total. The standard InChI is InChI=1S/C11H20N2O/c12-10-6-11(14)13(8-10)7-9-4-2-1-3-5-9/h9-10H,1-8,12H2/t10-/m0/s1. The van der Waals surface area contributed by atoms with E-state index in [0.717, 1.165) is 19.0 Å². The van der Waals surface area contributed by atoms with Crippen molar-refractivity contribution in [2.24, 2.45) is 11.7 Å². The second-order valence-corrected chi connectivity index (χ2v) is 4.77. The monoisotopic (exact) mass is 196 g/mol. The second-order valence-electron chi connectivity index (χ2n) is 4.77. The van der Waals surface area contributed by atoms with Crippen LogP contribution in [0.2, 0.25) is 0 Å². The number of carbonyl (C=O) groups is 1. The van der Waals surface area contributed by atoms with Crippen LogP contribution in [0.5, 0.6) is 0 Å². The van der Waals surface area contributed by atoms with Gasteiger partial charge in [-0.3, -0.25) is 4.79 Å². The minimum Gasteiger partial charge on any atom is -0.341 e. The first-order valence-corrected chi connectivity index (χ1v) is 5.79. The highest BCUT2D eigenvalue weighted by Gasteiger charge is 2.28. The lowest BCUT2D eigenvalue weighted by atomic mass is 9.89. The van der Waals surface area contributed by atoms with Crippen LogP contribution < -0.4 is 5.73 Å². The molecule has 2 rings (SSSR count). The van der Waals surface area contributed by atoms with Crippen molar-refractivity contribution in [3.8, 4) is 0 Å². The number of likely N-dealkylation sites (tertiary alicyclic amines) is 1. The first-order chi connectivity index (χ1) is 6.75. The Hall–Kier alpha value is -0.570. The van der Waals surface area contributed by atoms with Crippen LogP contribution >= 0.6 is 0 Å². The first-order valence-electron chi connectivity index (χ1n) is 5.79. The van der Waals surface area contributed by atoms with Gasteiger partial charge in [-0.2, -0.15) is 0 Å². The van der Waals surface area contributed by atoms with E-state index < -0.39 is 0 Å². The molecule has 1 saturated carbocycles. The molecule has 2 fully saturated rings. The van der Waals surface area contributed by atoms with Gasteiger partial charge in [0.1, 0.15) is 0 Å². The van der Waals surface area contributed by atoms with E-state index in [4.69, 9.17) is 5.73 Å². The van der Waals surface area contributed by atoms with E-state index in [0.29, 0.717) is 6.42 Å². The zero-order valence-electron chi connectivity index (χ0n) is 8.74. The van der Waals surface area contributed by atoms with Gasteiger partial charge in [-0.25, -0.2) is 0 Å². The SMILES string of the molecule is N[C@H]1CC(=O)N(CC2CCCCC2)C1. The summed E-state index contributed by atoms with van der Waals surface area (Å²) in [5.41, 5.74) is 5.76. The molecule has 0 spiro atoms. The molecule has 14 heavy (non-hydrogen) atoms. The third-order valence-corrected chi connectivity index (χ3v) is 3.45. The predicted molar refractivity (Wildman–Crippen MR) is 55.7 cm³/mol. The number of hydrogen-bond acceptors (Lipinski definition) is 2. The Kier molecular flexibility index (Phi) is 3.06. The van der Waals surface area contributed by atoms with Crippen LogP contribution in [0.25, 0.3) is 0 Å². The van der Waals surface area contributed by atoms with Crippen LogP contribution in [0.1, 0.15) is 38.5 Å². The third-order valence-electron chi connectivity index (χ3n) is 3.45. The average Bonchev–Trinajstić information content (AvgIpc) is 2.47. The third kappa shape index (κ3) is 2.27. The van der Waals surface area contributed by atoms with E-state index >= 15 is 0 Å². The largest absolute Gasteiger partial charge is 0.341 e. The van der Waals surface area contributed by atoms with Crippen molar-refractivity contribution < 1.29 is 4.79 Å². The van der Waals surface area contributed by atoms with Gasteiger partial charge in [0.25, 0.3) is 0 Å². The lowest BCUT2D eigenvalue weighted by molar-refractivity contribution is -0.128. The molecule has 0 radical (unpaired) electrons. The molecule has 0 bridgehead atoms. The summed E-state index contributed by atoms with van der Waals surface area (Å²) in [6.07, 6.45) is 7.24. The summed E-state index contributed by atoms with van der Waals surface area (Å²) in [6, 6.07) is 0.0890. The van der Waals surface area contributed by atoms with Gasteiger partial charge in [-0.1, -0.05) is 19.3 Å². The zero-order chi connectivity index (χ0) is 9.97. The first kappa shape index (κ1) is 9.97. The highest BCUT2D eigenvalue weighted by Crippen LogP contribution is 2.25. The van der Waals surface area contributed by atoms with Crippen molar-refractivity contribution in [3.05, 3.63) is 0 Å². The summed E-state index contributed by atoms with van der Waals surface area (Å²) in [7, 11) is 0. The number of nitrogens with two attached hydrogens (primary N) is 1. The normalized spacial score (nSPS) is 29.9. The smallest absolute Gasteiger partial charge is 0.224 e. The topological polar surface area (TPSA) is 46.3 Å². The van der Waals surface area contributed by atoms with E-state index in [1.807, 2.05) is 4.90 Å². The van der Waals surface area contributed by atoms with Crippen molar-refractivity contribution in [2.45, 2.75) is 44.6 Å². The Labute approximate surface area is 85.6 Å². The summed E-state index contributed by atoms with van der Waals surface area (Å²) >= 11 is 0. The maximum absolute atomic E-state index is 11.5. The molecule has 1 heterocycles. The molecule has 1 aliphatic carbocycles. The zero-order valence-corrected chi connectivity index (χ0v) is 8.74. The van der Waals surface area contributed by atoms with Crippen LogP contribution in [0.3, 0.4) is 0 Å². The van der Waals surface area contributed by atoms with Gasteiger partial charge < -0.3 is 10.6 Å². The molecule has 1 saturated heterocycles. The van der Waals surface area contributed by atoms with Crippen LogP contribution in [-0.4, -0.2) is 29.9 Å². The maximum Gasteiger partial charge on any atom is 0.224 e. The van der Waals surface area contributed by atoms with E-state index in [9.17, 15) is 4.79 Å².